The van der Waals surface area contributed by atoms with Gasteiger partial charge in [0.1, 0.15) is 5.82 Å². The third kappa shape index (κ3) is 6.03. The highest BCUT2D eigenvalue weighted by Gasteiger charge is 2.12. The lowest BCUT2D eigenvalue weighted by Gasteiger charge is -2.24. The Morgan fingerprint density at radius 3 is 2.74 bits per heavy atom. The summed E-state index contributed by atoms with van der Waals surface area (Å²) in [6.45, 7) is 6.18. The first-order valence-electron chi connectivity index (χ1n) is 6.37. The molecule has 1 rings (SSSR count). The molecule has 3 N–H and O–H groups in total. The maximum atomic E-state index is 13.7. The van der Waals surface area contributed by atoms with Crippen LogP contribution in [-0.4, -0.2) is 23.8 Å². The van der Waals surface area contributed by atoms with Crippen LogP contribution in [0.4, 0.5) is 4.39 Å². The summed E-state index contributed by atoms with van der Waals surface area (Å²) in [6, 6.07) is 4.58. The summed E-state index contributed by atoms with van der Waals surface area (Å²) in [5.74, 6) is 0.371. The molecule has 0 amide bonds. The Morgan fingerprint density at radius 1 is 1.47 bits per heavy atom. The SMILES string of the molecule is CC(C)CN(CCC(=N)N)Cc1cc(Cl)ccc1F. The highest BCUT2D eigenvalue weighted by atomic mass is 35.5. The van der Waals surface area contributed by atoms with Crippen molar-refractivity contribution in [1.82, 2.24) is 4.90 Å². The van der Waals surface area contributed by atoms with Crippen LogP contribution in [0.2, 0.25) is 5.02 Å². The van der Waals surface area contributed by atoms with Crippen LogP contribution in [-0.2, 0) is 6.54 Å². The topological polar surface area (TPSA) is 53.1 Å². The maximum Gasteiger partial charge on any atom is 0.127 e. The number of nitrogens with one attached hydrogen (secondary N) is 1. The first kappa shape index (κ1) is 15.9. The van der Waals surface area contributed by atoms with E-state index in [1.807, 2.05) is 0 Å². The zero-order valence-electron chi connectivity index (χ0n) is 11.4. The molecule has 1 aromatic rings. The predicted octanol–water partition coefficient (Wildman–Crippen LogP) is 3.26. The Balaban J connectivity index is 2.74. The summed E-state index contributed by atoms with van der Waals surface area (Å²) in [5, 5.41) is 7.82. The maximum absolute atomic E-state index is 13.7. The van der Waals surface area contributed by atoms with Crippen LogP contribution in [0.5, 0.6) is 0 Å². The third-order valence-electron chi connectivity index (χ3n) is 2.72. The minimum atomic E-state index is -0.249. The lowest BCUT2D eigenvalue weighted by molar-refractivity contribution is 0.239. The molecule has 1 aromatic carbocycles. The van der Waals surface area contributed by atoms with Gasteiger partial charge in [0.15, 0.2) is 0 Å². The summed E-state index contributed by atoms with van der Waals surface area (Å²) in [6.07, 6.45) is 0.495. The van der Waals surface area contributed by atoms with Crippen molar-refractivity contribution < 1.29 is 4.39 Å². The van der Waals surface area contributed by atoms with Crippen molar-refractivity contribution in [2.45, 2.75) is 26.8 Å². The van der Waals surface area contributed by atoms with E-state index in [9.17, 15) is 4.39 Å². The van der Waals surface area contributed by atoms with Gasteiger partial charge >= 0.3 is 0 Å². The molecule has 0 unspecified atom stereocenters. The van der Waals surface area contributed by atoms with Crippen LogP contribution >= 0.6 is 11.6 Å². The number of benzene rings is 1. The summed E-state index contributed by atoms with van der Waals surface area (Å²) < 4.78 is 13.7. The van der Waals surface area contributed by atoms with Crippen LogP contribution in [0.1, 0.15) is 25.8 Å². The molecule has 0 spiro atoms. The van der Waals surface area contributed by atoms with Gasteiger partial charge in [-0.05, 0) is 24.1 Å². The molecule has 0 fully saturated rings. The number of nitrogens with zero attached hydrogens (tertiary/aromatic N) is 1. The average molecular weight is 286 g/mol. The summed E-state index contributed by atoms with van der Waals surface area (Å²) >= 11 is 5.89. The number of rotatable bonds is 7. The van der Waals surface area contributed by atoms with Gasteiger partial charge in [-0.1, -0.05) is 25.4 Å². The van der Waals surface area contributed by atoms with Gasteiger partial charge < -0.3 is 5.73 Å². The molecule has 106 valence electrons. The van der Waals surface area contributed by atoms with Crippen molar-refractivity contribution >= 4 is 17.4 Å². The fraction of sp³-hybridized carbons (Fsp3) is 0.500. The van der Waals surface area contributed by atoms with Crippen molar-refractivity contribution in [3.63, 3.8) is 0 Å². The fourth-order valence-corrected chi connectivity index (χ4v) is 2.13. The highest BCUT2D eigenvalue weighted by molar-refractivity contribution is 6.30. The predicted molar refractivity (Wildman–Crippen MR) is 78.1 cm³/mol. The molecule has 0 aromatic heterocycles. The summed E-state index contributed by atoms with van der Waals surface area (Å²) in [7, 11) is 0. The van der Waals surface area contributed by atoms with E-state index in [0.717, 1.165) is 6.54 Å². The Bertz CT molecular complexity index is 435. The standard InChI is InChI=1S/C14H21ClFN3/c1-10(2)8-19(6-5-14(17)18)9-11-7-12(15)3-4-13(11)16/h3-4,7,10H,5-6,8-9H2,1-2H3,(H3,17,18). The van der Waals surface area contributed by atoms with E-state index in [1.54, 1.807) is 12.1 Å². The number of hydrogen-bond acceptors (Lipinski definition) is 2. The van der Waals surface area contributed by atoms with E-state index in [1.165, 1.54) is 6.07 Å². The van der Waals surface area contributed by atoms with Crippen LogP contribution in [0.15, 0.2) is 18.2 Å². The van der Waals surface area contributed by atoms with E-state index in [0.29, 0.717) is 36.0 Å². The van der Waals surface area contributed by atoms with E-state index >= 15 is 0 Å². The minimum Gasteiger partial charge on any atom is -0.388 e. The van der Waals surface area contributed by atoms with Crippen LogP contribution in [0, 0.1) is 17.1 Å². The van der Waals surface area contributed by atoms with Crippen molar-refractivity contribution in [2.75, 3.05) is 13.1 Å². The molecule has 0 aliphatic rings. The minimum absolute atomic E-state index is 0.153. The summed E-state index contributed by atoms with van der Waals surface area (Å²) in [5.41, 5.74) is 5.96. The Labute approximate surface area is 119 Å². The van der Waals surface area contributed by atoms with Crippen molar-refractivity contribution in [1.29, 1.82) is 5.41 Å². The smallest absolute Gasteiger partial charge is 0.127 e. The van der Waals surface area contributed by atoms with Gasteiger partial charge in [-0.15, -0.1) is 0 Å². The summed E-state index contributed by atoms with van der Waals surface area (Å²) in [4.78, 5) is 2.10. The lowest BCUT2D eigenvalue weighted by atomic mass is 10.1. The first-order chi connectivity index (χ1) is 8.88. The Morgan fingerprint density at radius 2 is 2.16 bits per heavy atom. The van der Waals surface area contributed by atoms with Crippen molar-refractivity contribution in [3.8, 4) is 0 Å². The second-order valence-corrected chi connectivity index (χ2v) is 5.58. The molecule has 0 radical (unpaired) electrons. The molecule has 0 heterocycles. The molecule has 0 bridgehead atoms. The van der Waals surface area contributed by atoms with Crippen LogP contribution < -0.4 is 5.73 Å². The fourth-order valence-electron chi connectivity index (χ4n) is 1.94. The van der Waals surface area contributed by atoms with E-state index in [-0.39, 0.29) is 11.7 Å². The molecule has 3 nitrogen and oxygen atoms in total. The quantitative estimate of drug-likeness (QED) is 0.597. The number of halogens is 2. The molecule has 0 saturated heterocycles. The molecule has 19 heavy (non-hydrogen) atoms. The van der Waals surface area contributed by atoms with Gasteiger partial charge in [0, 0.05) is 36.6 Å². The zero-order chi connectivity index (χ0) is 14.4. The molecular weight excluding hydrogens is 265 g/mol. The van der Waals surface area contributed by atoms with Crippen molar-refractivity contribution in [2.24, 2.45) is 11.7 Å². The monoisotopic (exact) mass is 285 g/mol. The molecule has 0 saturated carbocycles. The van der Waals surface area contributed by atoms with Gasteiger partial charge in [0.25, 0.3) is 0 Å². The van der Waals surface area contributed by atoms with Gasteiger partial charge in [0.2, 0.25) is 0 Å². The van der Waals surface area contributed by atoms with Gasteiger partial charge in [-0.25, -0.2) is 4.39 Å². The van der Waals surface area contributed by atoms with Gasteiger partial charge in [-0.2, -0.15) is 0 Å². The lowest BCUT2D eigenvalue weighted by Crippen LogP contribution is -2.31. The second kappa shape index (κ2) is 7.46. The molecule has 0 atom stereocenters. The number of hydrogen-bond donors (Lipinski definition) is 2. The van der Waals surface area contributed by atoms with Crippen molar-refractivity contribution in [3.05, 3.63) is 34.6 Å². The number of amidine groups is 1. The number of nitrogens with two attached hydrogens (primary N) is 1. The highest BCUT2D eigenvalue weighted by Crippen LogP contribution is 2.17. The molecule has 0 aliphatic heterocycles. The van der Waals surface area contributed by atoms with Gasteiger partial charge in [-0.3, -0.25) is 10.3 Å². The van der Waals surface area contributed by atoms with E-state index in [2.05, 4.69) is 18.7 Å². The molecular formula is C14H21ClFN3. The van der Waals surface area contributed by atoms with Gasteiger partial charge in [0.05, 0.1) is 5.84 Å². The average Bonchev–Trinajstić information content (AvgIpc) is 2.30. The van der Waals surface area contributed by atoms with Crippen LogP contribution in [0.25, 0.3) is 0 Å². The first-order valence-corrected chi connectivity index (χ1v) is 6.75. The zero-order valence-corrected chi connectivity index (χ0v) is 12.2. The third-order valence-corrected chi connectivity index (χ3v) is 2.96. The molecule has 0 aliphatic carbocycles. The van der Waals surface area contributed by atoms with Crippen LogP contribution in [0.3, 0.4) is 0 Å². The largest absolute Gasteiger partial charge is 0.388 e. The Kier molecular flexibility index (Phi) is 6.25. The molecule has 5 heteroatoms. The normalized spacial score (nSPS) is 11.3. The van der Waals surface area contributed by atoms with E-state index < -0.39 is 0 Å². The Hall–Kier alpha value is -1.13. The second-order valence-electron chi connectivity index (χ2n) is 5.14. The van der Waals surface area contributed by atoms with E-state index in [4.69, 9.17) is 22.7 Å².